The van der Waals surface area contributed by atoms with Gasteiger partial charge >= 0.3 is 0 Å². The minimum absolute atomic E-state index is 0.0649. The molecule has 2 aromatic rings. The van der Waals surface area contributed by atoms with Gasteiger partial charge in [-0.3, -0.25) is 14.7 Å². The van der Waals surface area contributed by atoms with Crippen molar-refractivity contribution in [3.05, 3.63) is 35.2 Å². The Morgan fingerprint density at radius 1 is 1.33 bits per heavy atom. The number of nitrogens with zero attached hydrogens (tertiary/aromatic N) is 1. The first kappa shape index (κ1) is 18.9. The highest BCUT2D eigenvalue weighted by molar-refractivity contribution is 6.04. The molecule has 1 aromatic carbocycles. The number of aromatic amines is 1. The highest BCUT2D eigenvalue weighted by Crippen LogP contribution is 2.30. The average molecular weight is 370 g/mol. The number of rotatable bonds is 6. The van der Waals surface area contributed by atoms with Gasteiger partial charge in [0.15, 0.2) is 5.69 Å². The maximum absolute atomic E-state index is 12.7. The smallest absolute Gasteiger partial charge is 0.276 e. The first-order valence-electron chi connectivity index (χ1n) is 9.37. The Kier molecular flexibility index (Phi) is 5.78. The fourth-order valence-corrected chi connectivity index (χ4v) is 3.36. The second-order valence-corrected chi connectivity index (χ2v) is 7.04. The summed E-state index contributed by atoms with van der Waals surface area (Å²) in [5.74, 6) is 0.735. The van der Waals surface area contributed by atoms with Gasteiger partial charge < -0.3 is 15.4 Å². The van der Waals surface area contributed by atoms with E-state index in [2.05, 4.69) is 27.8 Å². The minimum atomic E-state index is -0.244. The van der Waals surface area contributed by atoms with Crippen LogP contribution in [0, 0.1) is 5.92 Å². The van der Waals surface area contributed by atoms with E-state index in [-0.39, 0.29) is 11.8 Å². The van der Waals surface area contributed by atoms with Gasteiger partial charge in [0.25, 0.3) is 5.91 Å². The molecule has 0 saturated carbocycles. The van der Waals surface area contributed by atoms with Gasteiger partial charge in [0.1, 0.15) is 5.75 Å². The Hall–Kier alpha value is -2.83. The van der Waals surface area contributed by atoms with Gasteiger partial charge in [0.2, 0.25) is 5.91 Å². The summed E-state index contributed by atoms with van der Waals surface area (Å²) in [7, 11) is 1.53. The summed E-state index contributed by atoms with van der Waals surface area (Å²) in [6, 6.07) is 5.16. The molecule has 0 saturated heterocycles. The fourth-order valence-electron chi connectivity index (χ4n) is 3.36. The number of methoxy groups -OCH3 is 1. The predicted molar refractivity (Wildman–Crippen MR) is 104 cm³/mol. The first-order valence-corrected chi connectivity index (χ1v) is 9.37. The number of aromatic nitrogens is 2. The lowest BCUT2D eigenvalue weighted by atomic mass is 9.87. The second-order valence-electron chi connectivity index (χ2n) is 7.04. The van der Waals surface area contributed by atoms with Crippen molar-refractivity contribution in [2.45, 2.75) is 46.0 Å². The van der Waals surface area contributed by atoms with Crippen molar-refractivity contribution in [3.63, 3.8) is 0 Å². The van der Waals surface area contributed by atoms with E-state index in [1.54, 1.807) is 18.2 Å². The number of benzene rings is 1. The van der Waals surface area contributed by atoms with Gasteiger partial charge in [-0.15, -0.1) is 0 Å². The average Bonchev–Trinajstić information content (AvgIpc) is 3.06. The number of amides is 2. The Balaban J connectivity index is 1.75. The predicted octanol–water partition coefficient (Wildman–Crippen LogP) is 3.53. The largest absolute Gasteiger partial charge is 0.494 e. The summed E-state index contributed by atoms with van der Waals surface area (Å²) in [6.07, 6.45) is 4.12. The van der Waals surface area contributed by atoms with E-state index in [0.717, 1.165) is 36.9 Å². The highest BCUT2D eigenvalue weighted by Gasteiger charge is 2.25. The summed E-state index contributed by atoms with van der Waals surface area (Å²) in [5, 5.41) is 12.9. The molecule has 1 atom stereocenters. The van der Waals surface area contributed by atoms with Crippen LogP contribution in [0.15, 0.2) is 18.2 Å². The quantitative estimate of drug-likeness (QED) is 0.725. The fraction of sp³-hybridized carbons (Fsp3) is 0.450. The molecule has 0 fully saturated rings. The topological polar surface area (TPSA) is 96.1 Å². The molecule has 144 valence electrons. The van der Waals surface area contributed by atoms with Crippen molar-refractivity contribution in [1.82, 2.24) is 10.2 Å². The monoisotopic (exact) mass is 370 g/mol. The number of ether oxygens (including phenoxy) is 1. The molecule has 1 aliphatic carbocycles. The van der Waals surface area contributed by atoms with Crippen molar-refractivity contribution < 1.29 is 14.3 Å². The van der Waals surface area contributed by atoms with Crippen LogP contribution in [0.3, 0.4) is 0 Å². The number of fused-ring (bicyclic) bond motifs is 1. The molecule has 0 aliphatic heterocycles. The van der Waals surface area contributed by atoms with Crippen molar-refractivity contribution >= 4 is 23.2 Å². The Morgan fingerprint density at radius 2 is 2.15 bits per heavy atom. The third kappa shape index (κ3) is 4.30. The number of H-pyrrole nitrogens is 1. The zero-order chi connectivity index (χ0) is 19.4. The molecular formula is C20H26N4O3. The lowest BCUT2D eigenvalue weighted by Crippen LogP contribution is -2.18. The number of nitrogens with one attached hydrogen (secondary N) is 3. The molecule has 1 aromatic heterocycles. The van der Waals surface area contributed by atoms with Crippen molar-refractivity contribution in [2.24, 2.45) is 5.92 Å². The maximum Gasteiger partial charge on any atom is 0.276 e. The second kappa shape index (κ2) is 8.24. The van der Waals surface area contributed by atoms with E-state index in [1.165, 1.54) is 7.11 Å². The van der Waals surface area contributed by atoms with Crippen LogP contribution in [0.5, 0.6) is 5.75 Å². The lowest BCUT2D eigenvalue weighted by molar-refractivity contribution is -0.116. The summed E-state index contributed by atoms with van der Waals surface area (Å²) >= 11 is 0. The van der Waals surface area contributed by atoms with Crippen LogP contribution >= 0.6 is 0 Å². The minimum Gasteiger partial charge on any atom is -0.494 e. The summed E-state index contributed by atoms with van der Waals surface area (Å²) in [6.45, 7) is 4.14. The Bertz CT molecular complexity index is 844. The number of carbonyl (C=O) groups is 2. The molecule has 0 radical (unpaired) electrons. The van der Waals surface area contributed by atoms with E-state index >= 15 is 0 Å². The number of anilines is 2. The van der Waals surface area contributed by atoms with Crippen LogP contribution < -0.4 is 15.4 Å². The molecule has 2 amide bonds. The van der Waals surface area contributed by atoms with Crippen LogP contribution in [0.2, 0.25) is 0 Å². The molecule has 7 nitrogen and oxygen atoms in total. The lowest BCUT2D eigenvalue weighted by Gasteiger charge is -2.18. The molecule has 7 heteroatoms. The first-order chi connectivity index (χ1) is 13.0. The Morgan fingerprint density at radius 3 is 2.89 bits per heavy atom. The van der Waals surface area contributed by atoms with Crippen LogP contribution in [0.25, 0.3) is 0 Å². The molecule has 1 unspecified atom stereocenters. The van der Waals surface area contributed by atoms with Gasteiger partial charge in [-0.1, -0.05) is 13.8 Å². The van der Waals surface area contributed by atoms with Crippen molar-refractivity contribution in [3.8, 4) is 5.75 Å². The van der Waals surface area contributed by atoms with Gasteiger partial charge in [-0.05, 0) is 43.7 Å². The van der Waals surface area contributed by atoms with Gasteiger partial charge in [-0.25, -0.2) is 0 Å². The highest BCUT2D eigenvalue weighted by atomic mass is 16.5. The molecule has 27 heavy (non-hydrogen) atoms. The summed E-state index contributed by atoms with van der Waals surface area (Å²) in [5.41, 5.74) is 3.70. The normalized spacial score (nSPS) is 15.7. The van der Waals surface area contributed by atoms with Gasteiger partial charge in [0, 0.05) is 29.4 Å². The van der Waals surface area contributed by atoms with E-state index in [0.29, 0.717) is 35.2 Å². The van der Waals surface area contributed by atoms with E-state index in [1.807, 2.05) is 6.92 Å². The third-order valence-electron chi connectivity index (χ3n) is 4.82. The van der Waals surface area contributed by atoms with Crippen LogP contribution in [0.1, 0.15) is 54.9 Å². The molecule has 3 rings (SSSR count). The molecular weight excluding hydrogens is 344 g/mol. The molecule has 1 heterocycles. The summed E-state index contributed by atoms with van der Waals surface area (Å²) < 4.78 is 5.35. The molecule has 0 bridgehead atoms. The van der Waals surface area contributed by atoms with E-state index < -0.39 is 0 Å². The third-order valence-corrected chi connectivity index (χ3v) is 4.82. The number of hydrogen-bond donors (Lipinski definition) is 3. The zero-order valence-corrected chi connectivity index (χ0v) is 16.0. The van der Waals surface area contributed by atoms with E-state index in [9.17, 15) is 9.59 Å². The van der Waals surface area contributed by atoms with Crippen LogP contribution in [-0.4, -0.2) is 29.1 Å². The standard InChI is InChI=1S/C20H26N4O3/c1-4-5-18(25)22-16-9-7-13(11-17(16)27-3)21-20(26)19-14-10-12(2)6-8-15(14)23-24-19/h7,9,11-12H,4-6,8,10H2,1-3H3,(H,21,26)(H,22,25)(H,23,24). The van der Waals surface area contributed by atoms with Crippen molar-refractivity contribution in [1.29, 1.82) is 0 Å². The maximum atomic E-state index is 12.7. The number of carbonyl (C=O) groups excluding carboxylic acids is 2. The van der Waals surface area contributed by atoms with E-state index in [4.69, 9.17) is 4.74 Å². The Labute approximate surface area is 158 Å². The number of aryl methyl sites for hydroxylation is 1. The summed E-state index contributed by atoms with van der Waals surface area (Å²) in [4.78, 5) is 24.5. The molecule has 3 N–H and O–H groups in total. The number of hydrogen-bond acceptors (Lipinski definition) is 4. The van der Waals surface area contributed by atoms with Gasteiger partial charge in [0.05, 0.1) is 12.8 Å². The molecule has 0 spiro atoms. The van der Waals surface area contributed by atoms with Crippen molar-refractivity contribution in [2.75, 3.05) is 17.7 Å². The molecule has 1 aliphatic rings. The van der Waals surface area contributed by atoms with Crippen LogP contribution in [0.4, 0.5) is 11.4 Å². The SMILES string of the molecule is CCCC(=O)Nc1ccc(NC(=O)c2n[nH]c3c2CC(C)CC3)cc1OC. The van der Waals surface area contributed by atoms with Crippen LogP contribution in [-0.2, 0) is 17.6 Å². The zero-order valence-electron chi connectivity index (χ0n) is 16.0. The van der Waals surface area contributed by atoms with Gasteiger partial charge in [-0.2, -0.15) is 5.10 Å².